The molecule has 4 aromatic rings. The van der Waals surface area contributed by atoms with E-state index in [9.17, 15) is 14.7 Å². The number of benzene rings is 1. The number of aromatic hydroxyl groups is 1. The Morgan fingerprint density at radius 3 is 2.73 bits per heavy atom. The number of nitrogens with zero attached hydrogens (tertiary/aromatic N) is 6. The molecule has 1 aromatic carbocycles. The third kappa shape index (κ3) is 4.52. The van der Waals surface area contributed by atoms with E-state index in [1.807, 2.05) is 53.9 Å². The average molecular weight is 505 g/mol. The van der Waals surface area contributed by atoms with Crippen LogP contribution in [0.3, 0.4) is 0 Å². The smallest absolute Gasteiger partial charge is 0.410 e. The van der Waals surface area contributed by atoms with Gasteiger partial charge in [-0.2, -0.15) is 5.10 Å². The van der Waals surface area contributed by atoms with Crippen LogP contribution in [0, 0.1) is 6.92 Å². The second-order valence-electron chi connectivity index (χ2n) is 10.9. The van der Waals surface area contributed by atoms with Crippen LogP contribution < -0.4 is 5.56 Å². The molecule has 10 nitrogen and oxygen atoms in total. The molecule has 0 saturated carbocycles. The number of carbonyl (C=O) groups excluding carboxylic acids is 1. The van der Waals surface area contributed by atoms with Crippen LogP contribution in [0.4, 0.5) is 4.79 Å². The van der Waals surface area contributed by atoms with Crippen LogP contribution in [0.2, 0.25) is 0 Å². The Hall–Kier alpha value is -3.95. The Balaban J connectivity index is 1.43. The number of aryl methyl sites for hydroxylation is 2. The van der Waals surface area contributed by atoms with Gasteiger partial charge in [0.05, 0.1) is 22.0 Å². The van der Waals surface area contributed by atoms with E-state index in [-0.39, 0.29) is 29.5 Å². The van der Waals surface area contributed by atoms with Gasteiger partial charge in [-0.3, -0.25) is 9.48 Å². The first-order chi connectivity index (χ1) is 17.4. The number of hydrogen-bond donors (Lipinski definition) is 1. The van der Waals surface area contributed by atoms with Gasteiger partial charge in [-0.1, -0.05) is 0 Å². The van der Waals surface area contributed by atoms with Crippen LogP contribution >= 0.6 is 0 Å². The third-order valence-corrected chi connectivity index (χ3v) is 6.91. The summed E-state index contributed by atoms with van der Waals surface area (Å²) in [5.74, 6) is 0.417. The van der Waals surface area contributed by atoms with Gasteiger partial charge in [0.2, 0.25) is 0 Å². The average Bonchev–Trinajstić information content (AvgIpc) is 3.20. The maximum Gasteiger partial charge on any atom is 0.410 e. The Kier molecular flexibility index (Phi) is 5.92. The number of phenolic OH excluding ortho intramolecular Hbond substituents is 1. The van der Waals surface area contributed by atoms with Crippen molar-refractivity contribution in [2.45, 2.75) is 65.1 Å². The molecule has 10 heteroatoms. The maximum absolute atomic E-state index is 13.4. The second kappa shape index (κ2) is 8.86. The van der Waals surface area contributed by atoms with E-state index in [2.05, 4.69) is 15.1 Å². The lowest BCUT2D eigenvalue weighted by atomic mass is 9.98. The number of likely N-dealkylation sites (tertiary alicyclic amines) is 1. The molecule has 3 aromatic heterocycles. The van der Waals surface area contributed by atoms with E-state index in [1.165, 1.54) is 6.20 Å². The number of fused-ring (bicyclic) bond motifs is 2. The Morgan fingerprint density at radius 2 is 2.03 bits per heavy atom. The van der Waals surface area contributed by atoms with Gasteiger partial charge in [-0.05, 0) is 59.6 Å². The first kappa shape index (κ1) is 24.7. The molecule has 1 aliphatic rings. The van der Waals surface area contributed by atoms with Crippen LogP contribution in [-0.4, -0.2) is 58.6 Å². The van der Waals surface area contributed by atoms with Gasteiger partial charge >= 0.3 is 6.09 Å². The summed E-state index contributed by atoms with van der Waals surface area (Å²) in [7, 11) is 1.83. The lowest BCUT2D eigenvalue weighted by Gasteiger charge is -2.38. The number of phenols is 1. The van der Waals surface area contributed by atoms with Gasteiger partial charge in [-0.25, -0.2) is 14.8 Å². The fourth-order valence-electron chi connectivity index (χ4n) is 5.07. The standard InChI is InChI=1S/C27H32N6O4/c1-15-11-18(7-9-32(15)26(36)37-27(3,4)5)33-10-8-21-20(25(33)35)13-28-24(29-21)19-12-17-14-31(6)30-22(17)16(2)23(19)34/h8,10,12-15,18,34H,7,9,11H2,1-6H3/t15-,18?/m0/s1. The van der Waals surface area contributed by atoms with E-state index in [1.54, 1.807) is 26.4 Å². The molecule has 1 N–H and O–H groups in total. The molecular formula is C27H32N6O4. The molecule has 0 bridgehead atoms. The summed E-state index contributed by atoms with van der Waals surface area (Å²) in [5, 5.41) is 16.5. The molecule has 0 spiro atoms. The van der Waals surface area contributed by atoms with Gasteiger partial charge in [0.25, 0.3) is 5.56 Å². The molecule has 37 heavy (non-hydrogen) atoms. The largest absolute Gasteiger partial charge is 0.507 e. The van der Waals surface area contributed by atoms with Gasteiger partial charge in [0.1, 0.15) is 11.4 Å². The SMILES string of the molecule is Cc1c(O)c(-c2ncc3c(=O)n(C4CCN(C(=O)OC(C)(C)C)[C@@H](C)C4)ccc3n2)cc2cn(C)nc12. The van der Waals surface area contributed by atoms with Crippen molar-refractivity contribution in [1.82, 2.24) is 29.2 Å². The highest BCUT2D eigenvalue weighted by atomic mass is 16.6. The highest BCUT2D eigenvalue weighted by Crippen LogP contribution is 2.35. The highest BCUT2D eigenvalue weighted by Gasteiger charge is 2.33. The molecule has 5 rings (SSSR count). The zero-order chi connectivity index (χ0) is 26.6. The van der Waals surface area contributed by atoms with Gasteiger partial charge in [0.15, 0.2) is 5.82 Å². The summed E-state index contributed by atoms with van der Waals surface area (Å²) in [6, 6.07) is 3.50. The van der Waals surface area contributed by atoms with Crippen molar-refractivity contribution in [1.29, 1.82) is 0 Å². The quantitative estimate of drug-likeness (QED) is 0.432. The fraction of sp³-hybridized carbons (Fsp3) is 0.444. The summed E-state index contributed by atoms with van der Waals surface area (Å²) in [4.78, 5) is 36.8. The van der Waals surface area contributed by atoms with E-state index < -0.39 is 5.60 Å². The second-order valence-corrected chi connectivity index (χ2v) is 10.9. The van der Waals surface area contributed by atoms with Crippen LogP contribution in [-0.2, 0) is 11.8 Å². The van der Waals surface area contributed by atoms with E-state index in [0.717, 1.165) is 10.9 Å². The normalized spacial score (nSPS) is 18.5. The number of piperidine rings is 1. The predicted molar refractivity (Wildman–Crippen MR) is 141 cm³/mol. The Morgan fingerprint density at radius 1 is 1.27 bits per heavy atom. The first-order valence-corrected chi connectivity index (χ1v) is 12.5. The minimum atomic E-state index is -0.555. The summed E-state index contributed by atoms with van der Waals surface area (Å²) in [6.07, 6.45) is 6.12. The summed E-state index contributed by atoms with van der Waals surface area (Å²) in [6.45, 7) is 9.85. The molecule has 2 atom stereocenters. The molecule has 1 fully saturated rings. The van der Waals surface area contributed by atoms with Crippen molar-refractivity contribution in [3.63, 3.8) is 0 Å². The monoisotopic (exact) mass is 504 g/mol. The molecule has 1 aliphatic heterocycles. The van der Waals surface area contributed by atoms with Gasteiger partial charge in [-0.15, -0.1) is 0 Å². The number of amides is 1. The van der Waals surface area contributed by atoms with Crippen LogP contribution in [0.15, 0.2) is 35.5 Å². The fourth-order valence-corrected chi connectivity index (χ4v) is 5.07. The van der Waals surface area contributed by atoms with Crippen LogP contribution in [0.5, 0.6) is 5.75 Å². The summed E-state index contributed by atoms with van der Waals surface area (Å²) in [5.41, 5.74) is 1.65. The molecule has 194 valence electrons. The minimum Gasteiger partial charge on any atom is -0.507 e. The number of hydrogen-bond acceptors (Lipinski definition) is 7. The van der Waals surface area contributed by atoms with Crippen molar-refractivity contribution < 1.29 is 14.6 Å². The van der Waals surface area contributed by atoms with E-state index in [0.29, 0.717) is 47.2 Å². The lowest BCUT2D eigenvalue weighted by Crippen LogP contribution is -2.47. The Bertz CT molecular complexity index is 1580. The van der Waals surface area contributed by atoms with Crippen molar-refractivity contribution in [3.8, 4) is 17.1 Å². The zero-order valence-electron chi connectivity index (χ0n) is 22.0. The number of rotatable bonds is 2. The molecule has 0 aliphatic carbocycles. The maximum atomic E-state index is 13.4. The number of pyridine rings is 1. The van der Waals surface area contributed by atoms with E-state index >= 15 is 0 Å². The van der Waals surface area contributed by atoms with Crippen molar-refractivity contribution in [2.24, 2.45) is 7.05 Å². The number of carbonyl (C=O) groups is 1. The minimum absolute atomic E-state index is 0.0510. The number of aromatic nitrogens is 5. The first-order valence-electron chi connectivity index (χ1n) is 12.5. The molecule has 1 unspecified atom stereocenters. The Labute approximate surface area is 214 Å². The zero-order valence-corrected chi connectivity index (χ0v) is 22.0. The highest BCUT2D eigenvalue weighted by molar-refractivity contribution is 5.90. The molecule has 1 amide bonds. The van der Waals surface area contributed by atoms with E-state index in [4.69, 9.17) is 4.74 Å². The molecule has 1 saturated heterocycles. The number of ether oxygens (including phenoxy) is 1. The predicted octanol–water partition coefficient (Wildman–Crippen LogP) is 4.32. The van der Waals surface area contributed by atoms with Crippen LogP contribution in [0.25, 0.3) is 33.2 Å². The molecule has 0 radical (unpaired) electrons. The molecular weight excluding hydrogens is 472 g/mol. The van der Waals surface area contributed by atoms with Gasteiger partial charge < -0.3 is 19.3 Å². The van der Waals surface area contributed by atoms with Crippen molar-refractivity contribution >= 4 is 27.9 Å². The molecule has 4 heterocycles. The van der Waals surface area contributed by atoms with Crippen molar-refractivity contribution in [2.75, 3.05) is 6.54 Å². The van der Waals surface area contributed by atoms with Crippen LogP contribution in [0.1, 0.15) is 52.1 Å². The lowest BCUT2D eigenvalue weighted by molar-refractivity contribution is 0.00773. The topological polar surface area (TPSA) is 115 Å². The summed E-state index contributed by atoms with van der Waals surface area (Å²) < 4.78 is 8.96. The van der Waals surface area contributed by atoms with Crippen molar-refractivity contribution in [3.05, 3.63) is 46.6 Å². The third-order valence-electron chi connectivity index (χ3n) is 6.91. The summed E-state index contributed by atoms with van der Waals surface area (Å²) >= 11 is 0. The van der Waals surface area contributed by atoms with Gasteiger partial charge in [0, 0.05) is 55.2 Å².